The van der Waals surface area contributed by atoms with Crippen LogP contribution < -0.4 is 39.6 Å². The van der Waals surface area contributed by atoms with E-state index in [2.05, 4.69) is 30.9 Å². The van der Waals surface area contributed by atoms with E-state index < -0.39 is 0 Å². The van der Waals surface area contributed by atoms with E-state index in [0.717, 1.165) is 11.3 Å². The van der Waals surface area contributed by atoms with E-state index in [-0.39, 0.29) is 11.9 Å². The van der Waals surface area contributed by atoms with Crippen molar-refractivity contribution in [3.05, 3.63) is 60.2 Å². The molecular formula is C28H32N6O6. The van der Waals surface area contributed by atoms with Crippen LogP contribution in [0.1, 0.15) is 5.56 Å². The van der Waals surface area contributed by atoms with Crippen LogP contribution in [0, 0.1) is 0 Å². The van der Waals surface area contributed by atoms with Gasteiger partial charge in [-0.3, -0.25) is 0 Å². The van der Waals surface area contributed by atoms with Gasteiger partial charge in [-0.2, -0.15) is 15.0 Å². The molecule has 0 aliphatic carbocycles. The summed E-state index contributed by atoms with van der Waals surface area (Å²) < 4.78 is 32.3. The molecule has 12 nitrogen and oxygen atoms in total. The second-order valence-electron chi connectivity index (χ2n) is 8.28. The summed E-state index contributed by atoms with van der Waals surface area (Å²) in [5, 5.41) is 9.65. The first-order valence-corrected chi connectivity index (χ1v) is 12.2. The van der Waals surface area contributed by atoms with E-state index in [9.17, 15) is 0 Å². The Hall–Kier alpha value is -4.97. The van der Waals surface area contributed by atoms with E-state index in [4.69, 9.17) is 28.4 Å². The van der Waals surface area contributed by atoms with Crippen LogP contribution in [0.3, 0.4) is 0 Å². The second-order valence-corrected chi connectivity index (χ2v) is 8.28. The first-order chi connectivity index (χ1) is 19.5. The number of aromatic nitrogens is 3. The van der Waals surface area contributed by atoms with Gasteiger partial charge in [0.1, 0.15) is 5.75 Å². The summed E-state index contributed by atoms with van der Waals surface area (Å²) >= 11 is 0. The maximum Gasteiger partial charge on any atom is 0.233 e. The quantitative estimate of drug-likeness (QED) is 0.201. The summed E-state index contributed by atoms with van der Waals surface area (Å²) in [7, 11) is 9.55. The molecule has 4 rings (SSSR count). The summed E-state index contributed by atoms with van der Waals surface area (Å²) in [5.74, 6) is 3.88. The molecule has 0 saturated carbocycles. The monoisotopic (exact) mass is 548 g/mol. The lowest BCUT2D eigenvalue weighted by Crippen LogP contribution is -2.08. The Morgan fingerprint density at radius 1 is 0.475 bits per heavy atom. The van der Waals surface area contributed by atoms with Gasteiger partial charge in [-0.25, -0.2) is 0 Å². The summed E-state index contributed by atoms with van der Waals surface area (Å²) in [6.45, 7) is 0.425. The Labute approximate surface area is 232 Å². The van der Waals surface area contributed by atoms with Crippen LogP contribution >= 0.6 is 0 Å². The lowest BCUT2D eigenvalue weighted by atomic mass is 10.2. The van der Waals surface area contributed by atoms with E-state index >= 15 is 0 Å². The van der Waals surface area contributed by atoms with Gasteiger partial charge >= 0.3 is 0 Å². The molecule has 0 unspecified atom stereocenters. The van der Waals surface area contributed by atoms with Gasteiger partial charge in [0, 0.05) is 47.9 Å². The number of ether oxygens (including phenoxy) is 6. The zero-order valence-electron chi connectivity index (χ0n) is 23.2. The largest absolute Gasteiger partial charge is 0.496 e. The van der Waals surface area contributed by atoms with Crippen LogP contribution in [0.5, 0.6) is 28.7 Å². The molecule has 0 atom stereocenters. The first kappa shape index (κ1) is 28.0. The lowest BCUT2D eigenvalue weighted by Gasteiger charge is -2.14. The molecule has 0 aliphatic heterocycles. The van der Waals surface area contributed by atoms with E-state index in [1.165, 1.54) is 0 Å². The maximum atomic E-state index is 5.52. The third-order valence-electron chi connectivity index (χ3n) is 5.76. The summed E-state index contributed by atoms with van der Waals surface area (Å²) in [6.07, 6.45) is 0. The number of nitrogens with zero attached hydrogens (tertiary/aromatic N) is 3. The van der Waals surface area contributed by atoms with E-state index in [0.29, 0.717) is 52.7 Å². The highest BCUT2D eigenvalue weighted by molar-refractivity contribution is 5.66. The fourth-order valence-corrected chi connectivity index (χ4v) is 3.86. The highest BCUT2D eigenvalue weighted by Gasteiger charge is 2.13. The van der Waals surface area contributed by atoms with Crippen LogP contribution in [0.2, 0.25) is 0 Å². The highest BCUT2D eigenvalue weighted by atomic mass is 16.5. The average molecular weight is 549 g/mol. The van der Waals surface area contributed by atoms with Crippen molar-refractivity contribution in [2.45, 2.75) is 6.61 Å². The molecule has 4 aromatic rings. The van der Waals surface area contributed by atoms with Crippen LogP contribution in [0.4, 0.5) is 34.9 Å². The Morgan fingerprint density at radius 3 is 1.23 bits per heavy atom. The average Bonchev–Trinajstić information content (AvgIpc) is 2.97. The van der Waals surface area contributed by atoms with E-state index in [1.54, 1.807) is 66.9 Å². The lowest BCUT2D eigenvalue weighted by molar-refractivity contribution is 0.181. The van der Waals surface area contributed by atoms with Gasteiger partial charge in [0.2, 0.25) is 17.8 Å². The predicted molar refractivity (Wildman–Crippen MR) is 152 cm³/mol. The maximum absolute atomic E-state index is 5.52. The minimum atomic E-state index is 0.288. The number of nitrogens with one attached hydrogen (secondary N) is 3. The number of methoxy groups -OCH3 is 6. The zero-order valence-corrected chi connectivity index (χ0v) is 23.2. The third-order valence-corrected chi connectivity index (χ3v) is 5.76. The molecular weight excluding hydrogens is 516 g/mol. The molecule has 1 heterocycles. The van der Waals surface area contributed by atoms with Crippen molar-refractivity contribution in [1.29, 1.82) is 0 Å². The smallest absolute Gasteiger partial charge is 0.233 e. The molecule has 0 spiro atoms. The SMILES string of the molecule is COCc1ccc(Nc2nc(Nc3ccc(OC)c(OC)c3)nc(Nc3ccc(OC)c(OC)c3)n2)cc1OC. The number of rotatable bonds is 13. The molecule has 12 heteroatoms. The third kappa shape index (κ3) is 6.72. The number of hydrogen-bond donors (Lipinski definition) is 3. The molecule has 0 amide bonds. The Morgan fingerprint density at radius 2 is 0.850 bits per heavy atom. The molecule has 0 fully saturated rings. The van der Waals surface area contributed by atoms with Crippen LogP contribution in [0.25, 0.3) is 0 Å². The fourth-order valence-electron chi connectivity index (χ4n) is 3.86. The van der Waals surface area contributed by atoms with Crippen molar-refractivity contribution < 1.29 is 28.4 Å². The van der Waals surface area contributed by atoms with Gasteiger partial charge in [0.25, 0.3) is 0 Å². The fraction of sp³-hybridized carbons (Fsp3) is 0.250. The predicted octanol–water partition coefficient (Wildman–Crippen LogP) is 5.29. The molecule has 1 aromatic heterocycles. The van der Waals surface area contributed by atoms with Crippen LogP contribution in [-0.4, -0.2) is 57.6 Å². The van der Waals surface area contributed by atoms with Crippen molar-refractivity contribution >= 4 is 34.9 Å². The van der Waals surface area contributed by atoms with Gasteiger partial charge in [0.05, 0.1) is 42.2 Å². The van der Waals surface area contributed by atoms with Crippen molar-refractivity contribution in [2.75, 3.05) is 58.6 Å². The van der Waals surface area contributed by atoms with Gasteiger partial charge in [-0.15, -0.1) is 0 Å². The zero-order chi connectivity index (χ0) is 28.5. The Bertz CT molecular complexity index is 1380. The summed E-state index contributed by atoms with van der Waals surface area (Å²) in [6, 6.07) is 16.5. The minimum Gasteiger partial charge on any atom is -0.496 e. The van der Waals surface area contributed by atoms with Gasteiger partial charge in [0.15, 0.2) is 23.0 Å². The molecule has 40 heavy (non-hydrogen) atoms. The second kappa shape index (κ2) is 13.2. The molecule has 0 bridgehead atoms. The molecule has 0 saturated heterocycles. The standard InChI is InChI=1S/C28H32N6O6/c1-35-16-17-7-8-18(13-23(17)38-4)29-26-32-27(30-19-9-11-21(36-2)24(14-19)39-5)34-28(33-26)31-20-10-12-22(37-3)25(15-20)40-6/h7-15H,16H2,1-6H3,(H3,29,30,31,32,33,34). The van der Waals surface area contributed by atoms with Crippen LogP contribution in [0.15, 0.2) is 54.6 Å². The first-order valence-electron chi connectivity index (χ1n) is 12.2. The molecule has 3 aromatic carbocycles. The van der Waals surface area contributed by atoms with E-state index in [1.807, 2.05) is 30.3 Å². The van der Waals surface area contributed by atoms with Gasteiger partial charge in [-0.1, -0.05) is 6.07 Å². The summed E-state index contributed by atoms with van der Waals surface area (Å²) in [4.78, 5) is 13.7. The van der Waals surface area contributed by atoms with Gasteiger partial charge in [-0.05, 0) is 30.3 Å². The van der Waals surface area contributed by atoms with Crippen molar-refractivity contribution in [3.63, 3.8) is 0 Å². The minimum absolute atomic E-state index is 0.288. The van der Waals surface area contributed by atoms with Crippen LogP contribution in [-0.2, 0) is 11.3 Å². The molecule has 3 N–H and O–H groups in total. The topological polar surface area (TPSA) is 130 Å². The molecule has 0 aliphatic rings. The highest BCUT2D eigenvalue weighted by Crippen LogP contribution is 2.33. The molecule has 0 radical (unpaired) electrons. The number of benzene rings is 3. The van der Waals surface area contributed by atoms with Crippen molar-refractivity contribution in [3.8, 4) is 28.7 Å². The van der Waals surface area contributed by atoms with Gasteiger partial charge < -0.3 is 44.4 Å². The Kier molecular flexibility index (Phi) is 9.26. The summed E-state index contributed by atoms with van der Waals surface area (Å²) in [5.41, 5.74) is 3.02. The Balaban J connectivity index is 1.69. The number of anilines is 6. The van der Waals surface area contributed by atoms with Crippen molar-refractivity contribution in [2.24, 2.45) is 0 Å². The molecule has 210 valence electrons. The number of hydrogen-bond acceptors (Lipinski definition) is 12. The van der Waals surface area contributed by atoms with Crippen molar-refractivity contribution in [1.82, 2.24) is 15.0 Å². The normalized spacial score (nSPS) is 10.4.